The smallest absolute Gasteiger partial charge is 0.257 e. The van der Waals surface area contributed by atoms with Gasteiger partial charge >= 0.3 is 0 Å². The van der Waals surface area contributed by atoms with Crippen LogP contribution < -0.4 is 10.7 Å². The Labute approximate surface area is 206 Å². The normalized spacial score (nSPS) is 12.3. The number of hydrogen-bond donors (Lipinski definition) is 2. The van der Waals surface area contributed by atoms with E-state index >= 15 is 0 Å². The number of hydrogen-bond acceptors (Lipinski definition) is 5. The number of likely N-dealkylation sites (N-methyl/N-ethyl adjacent to an activating group) is 1. The number of carbonyl (C=O) groups is 1. The first-order chi connectivity index (χ1) is 16.7. The van der Waals surface area contributed by atoms with E-state index in [-0.39, 0.29) is 24.5 Å². The second-order valence-corrected chi connectivity index (χ2v) is 8.92. The third kappa shape index (κ3) is 5.79. The molecule has 2 N–H and O–H groups in total. The molecule has 4 rings (SSSR count). The minimum absolute atomic E-state index is 0.0152. The number of nitrogens with zero attached hydrogens (tertiary/aromatic N) is 2. The number of amides is 1. The van der Waals surface area contributed by atoms with Gasteiger partial charge in [-0.15, -0.1) is 0 Å². The molecule has 0 bridgehead atoms. The highest BCUT2D eigenvalue weighted by molar-refractivity contribution is 6.30. The third-order valence-corrected chi connectivity index (χ3v) is 5.92. The maximum Gasteiger partial charge on any atom is 0.257 e. The number of aromatic nitrogens is 1. The van der Waals surface area contributed by atoms with Crippen molar-refractivity contribution in [3.8, 4) is 0 Å². The molecule has 1 atom stereocenters. The Bertz CT molecular complexity index is 1400. The largest absolute Gasteiger partial charge is 0.443 e. The molecule has 1 amide bonds. The number of halogens is 2. The van der Waals surface area contributed by atoms with Gasteiger partial charge in [-0.25, -0.2) is 4.39 Å². The van der Waals surface area contributed by atoms with Crippen molar-refractivity contribution in [3.63, 3.8) is 0 Å². The summed E-state index contributed by atoms with van der Waals surface area (Å²) < 4.78 is 20.6. The van der Waals surface area contributed by atoms with Crippen LogP contribution in [0.15, 0.2) is 70.0 Å². The zero-order valence-corrected chi connectivity index (χ0v) is 20.1. The number of aliphatic hydroxyl groups is 1. The molecular formula is C26H25ClFN3O4. The monoisotopic (exact) mass is 497 g/mol. The molecule has 0 saturated heterocycles. The standard InChI is InChI=1S/C26H25ClFN3O4/c1-30(15-23(32)17-5-9-19(28)10-6-17)13-20-11-21-24(33)22(14-31(2)26(21)35-20)25(34)29-12-16-3-7-18(27)8-4-16/h3-11,14,23,32H,12-13,15H2,1-2H3,(H,29,34)/t23-/m0/s1. The van der Waals surface area contributed by atoms with Gasteiger partial charge in [0.1, 0.15) is 17.1 Å². The summed E-state index contributed by atoms with van der Waals surface area (Å²) in [5.74, 6) is -0.333. The highest BCUT2D eigenvalue weighted by atomic mass is 35.5. The summed E-state index contributed by atoms with van der Waals surface area (Å²) in [5.41, 5.74) is 1.41. The lowest BCUT2D eigenvalue weighted by Gasteiger charge is -2.19. The van der Waals surface area contributed by atoms with E-state index in [1.165, 1.54) is 30.5 Å². The molecule has 0 fully saturated rings. The van der Waals surface area contributed by atoms with E-state index in [1.54, 1.807) is 49.0 Å². The van der Waals surface area contributed by atoms with E-state index in [9.17, 15) is 19.1 Å². The molecule has 0 radical (unpaired) electrons. The summed E-state index contributed by atoms with van der Waals surface area (Å²) in [6.07, 6.45) is 0.643. The number of fused-ring (bicyclic) bond motifs is 1. The Morgan fingerprint density at radius 3 is 2.57 bits per heavy atom. The van der Waals surface area contributed by atoms with Crippen molar-refractivity contribution >= 4 is 28.6 Å². The first kappa shape index (κ1) is 24.7. The van der Waals surface area contributed by atoms with Crippen molar-refractivity contribution in [2.45, 2.75) is 19.2 Å². The number of benzene rings is 2. The van der Waals surface area contributed by atoms with E-state index in [0.717, 1.165) is 5.56 Å². The van der Waals surface area contributed by atoms with E-state index in [1.807, 2.05) is 4.90 Å². The van der Waals surface area contributed by atoms with Crippen molar-refractivity contribution in [2.75, 3.05) is 13.6 Å². The van der Waals surface area contributed by atoms with Crippen molar-refractivity contribution in [2.24, 2.45) is 7.05 Å². The SMILES string of the molecule is CN(Cc1cc2c(=O)c(C(=O)NCc3ccc(Cl)cc3)cn(C)c2o1)C[C@H](O)c1ccc(F)cc1. The van der Waals surface area contributed by atoms with Crippen LogP contribution in [0, 0.1) is 5.82 Å². The molecule has 2 heterocycles. The summed E-state index contributed by atoms with van der Waals surface area (Å²) in [4.78, 5) is 27.6. The number of aliphatic hydroxyl groups excluding tert-OH is 1. The molecule has 0 unspecified atom stereocenters. The number of rotatable bonds is 8. The van der Waals surface area contributed by atoms with Crippen LogP contribution in [0.1, 0.15) is 33.3 Å². The van der Waals surface area contributed by atoms with Gasteiger partial charge in [-0.2, -0.15) is 0 Å². The fraction of sp³-hybridized carbons (Fsp3) is 0.231. The van der Waals surface area contributed by atoms with Gasteiger partial charge in [0.25, 0.3) is 5.91 Å². The van der Waals surface area contributed by atoms with E-state index in [0.29, 0.717) is 34.0 Å². The summed E-state index contributed by atoms with van der Waals surface area (Å²) in [7, 11) is 3.50. The zero-order valence-electron chi connectivity index (χ0n) is 19.3. The van der Waals surface area contributed by atoms with Crippen LogP contribution in [-0.2, 0) is 20.1 Å². The van der Waals surface area contributed by atoms with Gasteiger partial charge in [0.05, 0.1) is 18.0 Å². The number of carbonyl (C=O) groups excluding carboxylic acids is 1. The fourth-order valence-electron chi connectivity index (χ4n) is 3.85. The molecule has 35 heavy (non-hydrogen) atoms. The first-order valence-corrected chi connectivity index (χ1v) is 11.4. The first-order valence-electron chi connectivity index (χ1n) is 11.0. The number of furan rings is 1. The van der Waals surface area contributed by atoms with Crippen molar-refractivity contribution in [1.82, 2.24) is 14.8 Å². The molecule has 2 aromatic heterocycles. The van der Waals surface area contributed by atoms with Gasteiger partial charge in [-0.05, 0) is 48.5 Å². The summed E-state index contributed by atoms with van der Waals surface area (Å²) in [6.45, 7) is 0.858. The Morgan fingerprint density at radius 2 is 1.89 bits per heavy atom. The maximum atomic E-state index is 13.1. The van der Waals surface area contributed by atoms with Crippen LogP contribution in [-0.4, -0.2) is 34.1 Å². The Morgan fingerprint density at radius 1 is 1.20 bits per heavy atom. The van der Waals surface area contributed by atoms with Crippen LogP contribution in [0.3, 0.4) is 0 Å². The molecule has 0 aliphatic carbocycles. The molecule has 0 spiro atoms. The molecular weight excluding hydrogens is 473 g/mol. The Balaban J connectivity index is 1.47. The second kappa shape index (κ2) is 10.4. The Kier molecular flexibility index (Phi) is 7.35. The molecule has 0 aliphatic rings. The predicted molar refractivity (Wildman–Crippen MR) is 132 cm³/mol. The average molecular weight is 498 g/mol. The van der Waals surface area contributed by atoms with Crippen molar-refractivity contribution < 1.29 is 18.7 Å². The van der Waals surface area contributed by atoms with Crippen molar-refractivity contribution in [1.29, 1.82) is 0 Å². The summed E-state index contributed by atoms with van der Waals surface area (Å²) >= 11 is 5.89. The van der Waals surface area contributed by atoms with Crippen LogP contribution in [0.5, 0.6) is 0 Å². The molecule has 4 aromatic rings. The van der Waals surface area contributed by atoms with Gasteiger partial charge < -0.3 is 19.4 Å². The molecule has 0 aliphatic heterocycles. The van der Waals surface area contributed by atoms with Gasteiger partial charge in [0, 0.05) is 31.4 Å². The van der Waals surface area contributed by atoms with Gasteiger partial charge in [0.15, 0.2) is 0 Å². The average Bonchev–Trinajstić information content (AvgIpc) is 3.25. The van der Waals surface area contributed by atoms with Crippen LogP contribution in [0.4, 0.5) is 4.39 Å². The van der Waals surface area contributed by atoms with Crippen LogP contribution in [0.25, 0.3) is 11.1 Å². The summed E-state index contributed by atoms with van der Waals surface area (Å²) in [5, 5.41) is 14.1. The third-order valence-electron chi connectivity index (χ3n) is 5.67. The highest BCUT2D eigenvalue weighted by Gasteiger charge is 2.19. The number of aryl methyl sites for hydroxylation is 1. The van der Waals surface area contributed by atoms with Crippen LogP contribution >= 0.6 is 11.6 Å². The second-order valence-electron chi connectivity index (χ2n) is 8.49. The van der Waals surface area contributed by atoms with Gasteiger partial charge in [-0.1, -0.05) is 35.9 Å². The van der Waals surface area contributed by atoms with Gasteiger partial charge in [0.2, 0.25) is 11.1 Å². The molecule has 7 nitrogen and oxygen atoms in total. The quantitative estimate of drug-likeness (QED) is 0.384. The fourth-order valence-corrected chi connectivity index (χ4v) is 3.97. The predicted octanol–water partition coefficient (Wildman–Crippen LogP) is 4.02. The van der Waals surface area contributed by atoms with E-state index in [4.69, 9.17) is 16.0 Å². The minimum atomic E-state index is -0.813. The minimum Gasteiger partial charge on any atom is -0.443 e. The molecule has 0 saturated carbocycles. The number of nitrogens with one attached hydrogen (secondary N) is 1. The summed E-state index contributed by atoms with van der Waals surface area (Å²) in [6, 6.07) is 14.4. The highest BCUT2D eigenvalue weighted by Crippen LogP contribution is 2.20. The van der Waals surface area contributed by atoms with E-state index in [2.05, 4.69) is 5.32 Å². The maximum absolute atomic E-state index is 13.1. The lowest BCUT2D eigenvalue weighted by atomic mass is 10.1. The van der Waals surface area contributed by atoms with Gasteiger partial charge in [-0.3, -0.25) is 14.5 Å². The number of pyridine rings is 1. The Hall–Kier alpha value is -3.46. The molecule has 182 valence electrons. The molecule has 9 heteroatoms. The van der Waals surface area contributed by atoms with Crippen LogP contribution in [0.2, 0.25) is 5.02 Å². The van der Waals surface area contributed by atoms with Crippen molar-refractivity contribution in [3.05, 3.63) is 104 Å². The topological polar surface area (TPSA) is 87.7 Å². The molecule has 2 aromatic carbocycles. The van der Waals surface area contributed by atoms with E-state index < -0.39 is 17.4 Å². The zero-order chi connectivity index (χ0) is 25.1. The lowest BCUT2D eigenvalue weighted by molar-refractivity contribution is 0.0949. The lowest BCUT2D eigenvalue weighted by Crippen LogP contribution is -2.29.